The van der Waals surface area contributed by atoms with E-state index in [0.717, 1.165) is 24.8 Å². The number of nitrogens with one attached hydrogen (secondary N) is 1. The van der Waals surface area contributed by atoms with Crippen molar-refractivity contribution >= 4 is 0 Å². The van der Waals surface area contributed by atoms with Gasteiger partial charge in [-0.3, -0.25) is 4.68 Å². The zero-order chi connectivity index (χ0) is 15.4. The van der Waals surface area contributed by atoms with Crippen LogP contribution in [0.3, 0.4) is 0 Å². The molecule has 0 radical (unpaired) electrons. The van der Waals surface area contributed by atoms with E-state index < -0.39 is 0 Å². The molecule has 1 aromatic rings. The molecule has 1 unspecified atom stereocenters. The smallest absolute Gasteiger partial charge is 0.0628 e. The van der Waals surface area contributed by atoms with Gasteiger partial charge >= 0.3 is 0 Å². The summed E-state index contributed by atoms with van der Waals surface area (Å²) in [6, 6.07) is 0.624. The highest BCUT2D eigenvalue weighted by Gasteiger charge is 2.27. The Bertz CT molecular complexity index is 442. The number of aromatic nitrogens is 2. The normalized spacial score (nSPS) is 24.2. The van der Waals surface area contributed by atoms with Crippen LogP contribution in [0.1, 0.15) is 62.9 Å². The molecule has 21 heavy (non-hydrogen) atoms. The molecule has 0 aromatic carbocycles. The lowest BCUT2D eigenvalue weighted by Gasteiger charge is -2.33. The predicted octanol–water partition coefficient (Wildman–Crippen LogP) is 3.77. The maximum absolute atomic E-state index is 4.59. The molecule has 1 aliphatic carbocycles. The van der Waals surface area contributed by atoms with Crippen LogP contribution in [0.4, 0.5) is 0 Å². The van der Waals surface area contributed by atoms with Crippen molar-refractivity contribution in [1.29, 1.82) is 0 Å². The molecular weight excluding hydrogens is 258 g/mol. The van der Waals surface area contributed by atoms with Gasteiger partial charge in [-0.15, -0.1) is 0 Å². The summed E-state index contributed by atoms with van der Waals surface area (Å²) >= 11 is 0. The number of hydrogen-bond donors (Lipinski definition) is 1. The van der Waals surface area contributed by atoms with Crippen LogP contribution in [0.15, 0.2) is 0 Å². The van der Waals surface area contributed by atoms with Gasteiger partial charge < -0.3 is 5.32 Å². The van der Waals surface area contributed by atoms with E-state index in [4.69, 9.17) is 0 Å². The quantitative estimate of drug-likeness (QED) is 0.864. The van der Waals surface area contributed by atoms with Crippen molar-refractivity contribution in [1.82, 2.24) is 15.1 Å². The van der Waals surface area contributed by atoms with Crippen molar-refractivity contribution in [3.63, 3.8) is 0 Å². The van der Waals surface area contributed by atoms with Crippen molar-refractivity contribution in [2.45, 2.75) is 72.3 Å². The third-order valence-electron chi connectivity index (χ3n) is 5.37. The van der Waals surface area contributed by atoms with Crippen LogP contribution in [0.25, 0.3) is 0 Å². The van der Waals surface area contributed by atoms with Crippen LogP contribution < -0.4 is 5.32 Å². The minimum absolute atomic E-state index is 0.624. The molecule has 0 bridgehead atoms. The lowest BCUT2D eigenvalue weighted by molar-refractivity contribution is 0.228. The van der Waals surface area contributed by atoms with Gasteiger partial charge in [0.1, 0.15) is 0 Å². The van der Waals surface area contributed by atoms with E-state index in [-0.39, 0.29) is 0 Å². The Labute approximate surface area is 130 Å². The summed E-state index contributed by atoms with van der Waals surface area (Å²) < 4.78 is 2.03. The lowest BCUT2D eigenvalue weighted by Crippen LogP contribution is -2.40. The van der Waals surface area contributed by atoms with Crippen molar-refractivity contribution in [3.05, 3.63) is 17.0 Å². The van der Waals surface area contributed by atoms with Crippen molar-refractivity contribution in [2.24, 2.45) is 18.9 Å². The molecule has 120 valence electrons. The van der Waals surface area contributed by atoms with Gasteiger partial charge in [0, 0.05) is 18.8 Å². The fourth-order valence-electron chi connectivity index (χ4n) is 3.76. The fraction of sp³-hybridized carbons (Fsp3) is 0.833. The van der Waals surface area contributed by atoms with Crippen LogP contribution in [0.5, 0.6) is 0 Å². The Morgan fingerprint density at radius 1 is 1.24 bits per heavy atom. The van der Waals surface area contributed by atoms with Gasteiger partial charge in [-0.2, -0.15) is 5.10 Å². The Morgan fingerprint density at radius 2 is 1.90 bits per heavy atom. The molecule has 0 amide bonds. The SMILES string of the molecule is CCCNC(Cc1c(C)nn(C)c1C)C1CCC(C)CC1. The van der Waals surface area contributed by atoms with E-state index in [1.54, 1.807) is 0 Å². The third-order valence-corrected chi connectivity index (χ3v) is 5.37. The second-order valence-corrected chi connectivity index (χ2v) is 7.06. The standard InChI is InChI=1S/C18H33N3/c1-6-11-19-18(16-9-7-13(2)8-10-16)12-17-14(3)20-21(5)15(17)4/h13,16,18-19H,6-12H2,1-5H3. The molecule has 1 aromatic heterocycles. The molecule has 1 atom stereocenters. The summed E-state index contributed by atoms with van der Waals surface area (Å²) in [7, 11) is 2.06. The van der Waals surface area contributed by atoms with Gasteiger partial charge in [0.2, 0.25) is 0 Å². The number of nitrogens with zero attached hydrogens (tertiary/aromatic N) is 2. The van der Waals surface area contributed by atoms with Crippen LogP contribution in [-0.4, -0.2) is 22.4 Å². The Kier molecular flexibility index (Phi) is 5.86. The molecule has 1 heterocycles. The Morgan fingerprint density at radius 3 is 2.43 bits per heavy atom. The van der Waals surface area contributed by atoms with Crippen LogP contribution in [0.2, 0.25) is 0 Å². The summed E-state index contributed by atoms with van der Waals surface area (Å²) in [6.07, 6.45) is 7.94. The molecular formula is C18H33N3. The van der Waals surface area contributed by atoms with Gasteiger partial charge in [-0.1, -0.05) is 26.7 Å². The third kappa shape index (κ3) is 4.09. The minimum Gasteiger partial charge on any atom is -0.313 e. The first-order valence-corrected chi connectivity index (χ1v) is 8.75. The lowest BCUT2D eigenvalue weighted by atomic mass is 9.77. The number of rotatable bonds is 6. The summed E-state index contributed by atoms with van der Waals surface area (Å²) in [4.78, 5) is 0. The zero-order valence-corrected chi connectivity index (χ0v) is 14.6. The molecule has 1 saturated carbocycles. The molecule has 3 heteroatoms. The minimum atomic E-state index is 0.624. The average molecular weight is 291 g/mol. The molecule has 1 N–H and O–H groups in total. The van der Waals surface area contributed by atoms with Crippen LogP contribution in [-0.2, 0) is 13.5 Å². The molecule has 1 aliphatic rings. The van der Waals surface area contributed by atoms with Gasteiger partial charge in [0.05, 0.1) is 5.69 Å². The molecule has 2 rings (SSSR count). The maximum atomic E-state index is 4.59. The van der Waals surface area contributed by atoms with Crippen molar-refractivity contribution in [3.8, 4) is 0 Å². The second-order valence-electron chi connectivity index (χ2n) is 7.06. The van der Waals surface area contributed by atoms with E-state index in [1.165, 1.54) is 49.1 Å². The van der Waals surface area contributed by atoms with E-state index in [0.29, 0.717) is 6.04 Å². The highest BCUT2D eigenvalue weighted by Crippen LogP contribution is 2.32. The first kappa shape index (κ1) is 16.5. The molecule has 0 saturated heterocycles. The summed E-state index contributed by atoms with van der Waals surface area (Å²) in [5.74, 6) is 1.77. The topological polar surface area (TPSA) is 29.9 Å². The fourth-order valence-corrected chi connectivity index (χ4v) is 3.76. The zero-order valence-electron chi connectivity index (χ0n) is 14.6. The van der Waals surface area contributed by atoms with E-state index in [9.17, 15) is 0 Å². The van der Waals surface area contributed by atoms with E-state index >= 15 is 0 Å². The number of aryl methyl sites for hydroxylation is 2. The van der Waals surface area contributed by atoms with Gasteiger partial charge in [-0.05, 0) is 63.5 Å². The molecule has 1 fully saturated rings. The summed E-state index contributed by atoms with van der Waals surface area (Å²) in [6.45, 7) is 10.2. The predicted molar refractivity (Wildman–Crippen MR) is 89.6 cm³/mol. The highest BCUT2D eigenvalue weighted by atomic mass is 15.3. The monoisotopic (exact) mass is 291 g/mol. The van der Waals surface area contributed by atoms with Gasteiger partial charge in [0.25, 0.3) is 0 Å². The average Bonchev–Trinajstić information content (AvgIpc) is 2.70. The highest BCUT2D eigenvalue weighted by molar-refractivity contribution is 5.25. The van der Waals surface area contributed by atoms with Crippen molar-refractivity contribution < 1.29 is 0 Å². The largest absolute Gasteiger partial charge is 0.313 e. The molecule has 0 aliphatic heterocycles. The summed E-state index contributed by atoms with van der Waals surface area (Å²) in [5, 5.41) is 8.42. The molecule has 0 spiro atoms. The number of hydrogen-bond acceptors (Lipinski definition) is 2. The summed E-state index contributed by atoms with van der Waals surface area (Å²) in [5.41, 5.74) is 4.01. The van der Waals surface area contributed by atoms with E-state index in [2.05, 4.69) is 45.2 Å². The molecule has 3 nitrogen and oxygen atoms in total. The first-order valence-electron chi connectivity index (χ1n) is 8.75. The first-order chi connectivity index (χ1) is 10.0. The maximum Gasteiger partial charge on any atom is 0.0628 e. The Balaban J connectivity index is 2.08. The van der Waals surface area contributed by atoms with E-state index in [1.807, 2.05) is 4.68 Å². The van der Waals surface area contributed by atoms with Crippen LogP contribution in [0, 0.1) is 25.7 Å². The van der Waals surface area contributed by atoms with Gasteiger partial charge in [-0.25, -0.2) is 0 Å². The van der Waals surface area contributed by atoms with Gasteiger partial charge in [0.15, 0.2) is 0 Å². The van der Waals surface area contributed by atoms with Crippen molar-refractivity contribution in [2.75, 3.05) is 6.54 Å². The Hall–Kier alpha value is -0.830. The van der Waals surface area contributed by atoms with Crippen LogP contribution >= 0.6 is 0 Å². The second kappa shape index (κ2) is 7.44.